The average molecular weight is 227 g/mol. The summed E-state index contributed by atoms with van der Waals surface area (Å²) in [6, 6.07) is -1.06. The lowest BCUT2D eigenvalue weighted by Gasteiger charge is -2.13. The van der Waals surface area contributed by atoms with E-state index in [2.05, 4.69) is 20.3 Å². The molecule has 1 aromatic heterocycles. The van der Waals surface area contributed by atoms with Gasteiger partial charge < -0.3 is 15.2 Å². The van der Waals surface area contributed by atoms with Crippen LogP contribution in [-0.4, -0.2) is 46.9 Å². The molecule has 0 radical (unpaired) electrons. The SMILES string of the molecule is COC(=O)C(CO)NC(=O)c1cn[nH]c1C. The van der Waals surface area contributed by atoms with Crippen LogP contribution in [-0.2, 0) is 9.53 Å². The Hall–Kier alpha value is -1.89. The quantitative estimate of drug-likeness (QED) is 0.571. The number of hydrogen-bond acceptors (Lipinski definition) is 5. The summed E-state index contributed by atoms with van der Waals surface area (Å²) in [7, 11) is 1.18. The smallest absolute Gasteiger partial charge is 0.330 e. The van der Waals surface area contributed by atoms with Crippen LogP contribution in [0.4, 0.5) is 0 Å². The second kappa shape index (κ2) is 5.26. The maximum Gasteiger partial charge on any atom is 0.330 e. The Bertz CT molecular complexity index is 388. The summed E-state index contributed by atoms with van der Waals surface area (Å²) in [5.41, 5.74) is 0.904. The highest BCUT2D eigenvalue weighted by molar-refractivity contribution is 5.97. The van der Waals surface area contributed by atoms with Gasteiger partial charge in [-0.05, 0) is 6.92 Å². The van der Waals surface area contributed by atoms with E-state index in [1.54, 1.807) is 6.92 Å². The van der Waals surface area contributed by atoms with Crippen molar-refractivity contribution in [2.24, 2.45) is 0 Å². The number of aliphatic hydroxyl groups excluding tert-OH is 1. The Balaban J connectivity index is 2.70. The third-order valence-corrected chi connectivity index (χ3v) is 2.05. The molecule has 0 fully saturated rings. The number of aromatic nitrogens is 2. The van der Waals surface area contributed by atoms with E-state index >= 15 is 0 Å². The molecular formula is C9H13N3O4. The second-order valence-electron chi connectivity index (χ2n) is 3.14. The van der Waals surface area contributed by atoms with Crippen molar-refractivity contribution in [3.63, 3.8) is 0 Å². The Morgan fingerprint density at radius 2 is 2.38 bits per heavy atom. The monoisotopic (exact) mass is 227 g/mol. The fraction of sp³-hybridized carbons (Fsp3) is 0.444. The largest absolute Gasteiger partial charge is 0.467 e. The first kappa shape index (κ1) is 12.2. The number of carbonyl (C=O) groups excluding carboxylic acids is 2. The van der Waals surface area contributed by atoms with E-state index < -0.39 is 24.5 Å². The van der Waals surface area contributed by atoms with Crippen LogP contribution in [0.2, 0.25) is 0 Å². The normalized spacial score (nSPS) is 11.9. The fourth-order valence-electron chi connectivity index (χ4n) is 1.14. The molecule has 1 rings (SSSR count). The van der Waals surface area contributed by atoms with Crippen LogP contribution in [0.3, 0.4) is 0 Å². The van der Waals surface area contributed by atoms with Crippen molar-refractivity contribution in [2.45, 2.75) is 13.0 Å². The van der Waals surface area contributed by atoms with E-state index in [1.165, 1.54) is 13.3 Å². The maximum absolute atomic E-state index is 11.6. The predicted octanol–water partition coefficient (Wildman–Crippen LogP) is -1.02. The molecule has 1 atom stereocenters. The molecule has 3 N–H and O–H groups in total. The van der Waals surface area contributed by atoms with Gasteiger partial charge >= 0.3 is 5.97 Å². The summed E-state index contributed by atoms with van der Waals surface area (Å²) in [5.74, 6) is -1.19. The van der Waals surface area contributed by atoms with Crippen LogP contribution in [0.5, 0.6) is 0 Å². The topological polar surface area (TPSA) is 104 Å². The van der Waals surface area contributed by atoms with Gasteiger partial charge in [-0.2, -0.15) is 5.10 Å². The molecule has 0 saturated heterocycles. The van der Waals surface area contributed by atoms with E-state index in [0.717, 1.165) is 0 Å². The molecular weight excluding hydrogens is 214 g/mol. The van der Waals surface area contributed by atoms with Gasteiger partial charge in [0.05, 0.1) is 25.5 Å². The van der Waals surface area contributed by atoms with E-state index in [0.29, 0.717) is 11.3 Å². The molecule has 88 valence electrons. The van der Waals surface area contributed by atoms with E-state index in [9.17, 15) is 9.59 Å². The van der Waals surface area contributed by atoms with E-state index in [4.69, 9.17) is 5.11 Å². The summed E-state index contributed by atoms with van der Waals surface area (Å²) in [6.45, 7) is 1.16. The number of carbonyl (C=O) groups is 2. The van der Waals surface area contributed by atoms with Gasteiger partial charge in [-0.25, -0.2) is 4.79 Å². The Morgan fingerprint density at radius 1 is 1.69 bits per heavy atom. The minimum atomic E-state index is -1.06. The van der Waals surface area contributed by atoms with Crippen LogP contribution in [0.1, 0.15) is 16.1 Å². The van der Waals surface area contributed by atoms with Crippen molar-refractivity contribution in [1.29, 1.82) is 0 Å². The van der Waals surface area contributed by atoms with Crippen molar-refractivity contribution >= 4 is 11.9 Å². The molecule has 16 heavy (non-hydrogen) atoms. The number of ether oxygens (including phenoxy) is 1. The minimum Gasteiger partial charge on any atom is -0.467 e. The molecule has 0 aromatic carbocycles. The first-order chi connectivity index (χ1) is 7.60. The van der Waals surface area contributed by atoms with Gasteiger partial charge in [-0.1, -0.05) is 0 Å². The molecule has 0 saturated carbocycles. The summed E-state index contributed by atoms with van der Waals surface area (Å²) in [4.78, 5) is 22.7. The van der Waals surface area contributed by atoms with Crippen LogP contribution < -0.4 is 5.32 Å². The maximum atomic E-state index is 11.6. The number of aromatic amines is 1. The van der Waals surface area contributed by atoms with E-state index in [-0.39, 0.29) is 0 Å². The van der Waals surface area contributed by atoms with Crippen molar-refractivity contribution in [3.8, 4) is 0 Å². The second-order valence-corrected chi connectivity index (χ2v) is 3.14. The molecule has 0 aliphatic heterocycles. The number of methoxy groups -OCH3 is 1. The van der Waals surface area contributed by atoms with Crippen molar-refractivity contribution in [2.75, 3.05) is 13.7 Å². The third-order valence-electron chi connectivity index (χ3n) is 2.05. The van der Waals surface area contributed by atoms with Crippen LogP contribution in [0.25, 0.3) is 0 Å². The fourth-order valence-corrected chi connectivity index (χ4v) is 1.14. The van der Waals surface area contributed by atoms with Crippen molar-refractivity contribution < 1.29 is 19.4 Å². The zero-order chi connectivity index (χ0) is 12.1. The summed E-state index contributed by atoms with van der Waals surface area (Å²) >= 11 is 0. The van der Waals surface area contributed by atoms with E-state index in [1.807, 2.05) is 0 Å². The predicted molar refractivity (Wildman–Crippen MR) is 53.7 cm³/mol. The highest BCUT2D eigenvalue weighted by Crippen LogP contribution is 2.02. The first-order valence-corrected chi connectivity index (χ1v) is 4.59. The molecule has 0 spiro atoms. The lowest BCUT2D eigenvalue weighted by molar-refractivity contribution is -0.143. The highest BCUT2D eigenvalue weighted by atomic mass is 16.5. The Morgan fingerprint density at radius 3 is 2.81 bits per heavy atom. The molecule has 7 nitrogen and oxygen atoms in total. The molecule has 0 bridgehead atoms. The number of hydrogen-bond donors (Lipinski definition) is 3. The number of nitrogens with one attached hydrogen (secondary N) is 2. The molecule has 7 heteroatoms. The lowest BCUT2D eigenvalue weighted by atomic mass is 10.2. The summed E-state index contributed by atoms with van der Waals surface area (Å²) in [6.07, 6.45) is 1.34. The minimum absolute atomic E-state index is 0.322. The van der Waals surface area contributed by atoms with Gasteiger partial charge in [0.1, 0.15) is 0 Å². The number of nitrogens with zero attached hydrogens (tertiary/aromatic N) is 1. The number of aryl methyl sites for hydroxylation is 1. The van der Waals surface area contributed by atoms with Gasteiger partial charge in [0.15, 0.2) is 6.04 Å². The highest BCUT2D eigenvalue weighted by Gasteiger charge is 2.22. The lowest BCUT2D eigenvalue weighted by Crippen LogP contribution is -2.44. The Labute approximate surface area is 91.8 Å². The zero-order valence-corrected chi connectivity index (χ0v) is 8.98. The number of rotatable bonds is 4. The van der Waals surface area contributed by atoms with Crippen LogP contribution in [0.15, 0.2) is 6.20 Å². The van der Waals surface area contributed by atoms with Gasteiger partial charge in [-0.3, -0.25) is 9.89 Å². The van der Waals surface area contributed by atoms with Gasteiger partial charge in [0, 0.05) is 5.69 Å². The molecule has 1 unspecified atom stereocenters. The van der Waals surface area contributed by atoms with Crippen LogP contribution >= 0.6 is 0 Å². The first-order valence-electron chi connectivity index (χ1n) is 4.59. The van der Waals surface area contributed by atoms with Crippen molar-refractivity contribution in [1.82, 2.24) is 15.5 Å². The van der Waals surface area contributed by atoms with Crippen molar-refractivity contribution in [3.05, 3.63) is 17.5 Å². The average Bonchev–Trinajstić information content (AvgIpc) is 2.71. The standard InChI is InChI=1S/C9H13N3O4/c1-5-6(3-10-12-5)8(14)11-7(4-13)9(15)16-2/h3,7,13H,4H2,1-2H3,(H,10,12)(H,11,14). The summed E-state index contributed by atoms with van der Waals surface area (Å²) < 4.78 is 4.41. The Kier molecular flexibility index (Phi) is 4.01. The number of aliphatic hydroxyl groups is 1. The molecule has 0 aliphatic carbocycles. The number of amides is 1. The summed E-state index contributed by atoms with van der Waals surface area (Å²) in [5, 5.41) is 17.5. The van der Waals surface area contributed by atoms with Gasteiger partial charge in [0.25, 0.3) is 5.91 Å². The zero-order valence-electron chi connectivity index (χ0n) is 8.98. The molecule has 0 aliphatic rings. The van der Waals surface area contributed by atoms with Gasteiger partial charge in [-0.15, -0.1) is 0 Å². The van der Waals surface area contributed by atoms with Crippen LogP contribution in [0, 0.1) is 6.92 Å². The van der Waals surface area contributed by atoms with Gasteiger partial charge in [0.2, 0.25) is 0 Å². The number of H-pyrrole nitrogens is 1. The number of esters is 1. The molecule has 1 heterocycles. The molecule has 1 amide bonds. The molecule has 1 aromatic rings. The third kappa shape index (κ3) is 2.57.